The molecule has 1 heterocycles. The molecule has 1 atom stereocenters. The van der Waals surface area contributed by atoms with Crippen molar-refractivity contribution in [2.24, 2.45) is 11.7 Å². The van der Waals surface area contributed by atoms with Crippen LogP contribution in [0, 0.1) is 5.92 Å². The van der Waals surface area contributed by atoms with Crippen LogP contribution in [-0.2, 0) is 16.1 Å². The van der Waals surface area contributed by atoms with Gasteiger partial charge in [0.25, 0.3) is 5.91 Å². The largest absolute Gasteiger partial charge is 0.481 e. The first-order chi connectivity index (χ1) is 9.88. The molecule has 2 amide bonds. The number of primary amides is 1. The fourth-order valence-electron chi connectivity index (χ4n) is 2.38. The molecule has 0 fully saturated rings. The van der Waals surface area contributed by atoms with Crippen LogP contribution < -0.4 is 5.73 Å². The summed E-state index contributed by atoms with van der Waals surface area (Å²) < 4.78 is 0.883. The van der Waals surface area contributed by atoms with Crippen molar-refractivity contribution in [2.75, 3.05) is 6.54 Å². The normalized spacial score (nSPS) is 14.9. The Morgan fingerprint density at radius 2 is 2.14 bits per heavy atom. The minimum atomic E-state index is -0.985. The van der Waals surface area contributed by atoms with Gasteiger partial charge in [-0.2, -0.15) is 0 Å². The molecule has 1 aromatic carbocycles. The molecule has 7 heteroatoms. The van der Waals surface area contributed by atoms with Crippen LogP contribution in [0.15, 0.2) is 22.7 Å². The number of carboxylic acid groups (broad SMARTS) is 1. The van der Waals surface area contributed by atoms with E-state index in [1.807, 2.05) is 6.07 Å². The van der Waals surface area contributed by atoms with Crippen LogP contribution in [0.3, 0.4) is 0 Å². The van der Waals surface area contributed by atoms with Gasteiger partial charge in [0, 0.05) is 29.5 Å². The Balaban J connectivity index is 2.08. The molecule has 1 aliphatic rings. The summed E-state index contributed by atoms with van der Waals surface area (Å²) in [5.41, 5.74) is 6.79. The highest BCUT2D eigenvalue weighted by Crippen LogP contribution is 2.27. The van der Waals surface area contributed by atoms with E-state index in [4.69, 9.17) is 10.8 Å². The van der Waals surface area contributed by atoms with Gasteiger partial charge in [0.05, 0.1) is 5.92 Å². The summed E-state index contributed by atoms with van der Waals surface area (Å²) in [5, 5.41) is 8.69. The molecule has 1 aliphatic heterocycles. The molecule has 112 valence electrons. The lowest BCUT2D eigenvalue weighted by atomic mass is 10.0. The molecule has 0 radical (unpaired) electrons. The molecule has 21 heavy (non-hydrogen) atoms. The first-order valence-corrected chi connectivity index (χ1v) is 7.26. The summed E-state index contributed by atoms with van der Waals surface area (Å²) in [4.78, 5) is 35.8. The van der Waals surface area contributed by atoms with Crippen LogP contribution in [0.2, 0.25) is 0 Å². The zero-order valence-corrected chi connectivity index (χ0v) is 12.8. The fraction of sp³-hybridized carbons (Fsp3) is 0.357. The molecule has 0 saturated carbocycles. The second-order valence-electron chi connectivity index (χ2n) is 5.02. The zero-order chi connectivity index (χ0) is 15.6. The number of aliphatic carboxylic acids is 1. The number of benzene rings is 1. The van der Waals surface area contributed by atoms with E-state index in [2.05, 4.69) is 15.9 Å². The Morgan fingerprint density at radius 3 is 2.76 bits per heavy atom. The summed E-state index contributed by atoms with van der Waals surface area (Å²) >= 11 is 3.35. The van der Waals surface area contributed by atoms with E-state index in [-0.39, 0.29) is 25.3 Å². The standard InChI is InChI=1S/C14H15BrN2O4/c15-10-2-3-11-9(5-10)7-17(14(11)21)6-8(13(16)20)1-4-12(18)19/h2-3,5,8H,1,4,6-7H2,(H2,16,20)(H,18,19). The van der Waals surface area contributed by atoms with E-state index in [1.54, 1.807) is 12.1 Å². The molecule has 0 spiro atoms. The van der Waals surface area contributed by atoms with Gasteiger partial charge in [-0.15, -0.1) is 0 Å². The fourth-order valence-corrected chi connectivity index (χ4v) is 2.79. The Labute approximate surface area is 130 Å². The number of nitrogens with zero attached hydrogens (tertiary/aromatic N) is 1. The number of halogens is 1. The van der Waals surface area contributed by atoms with Gasteiger partial charge in [-0.05, 0) is 30.2 Å². The van der Waals surface area contributed by atoms with E-state index >= 15 is 0 Å². The maximum Gasteiger partial charge on any atom is 0.303 e. The predicted molar refractivity (Wildman–Crippen MR) is 78.4 cm³/mol. The lowest BCUT2D eigenvalue weighted by Crippen LogP contribution is -2.36. The Morgan fingerprint density at radius 1 is 1.43 bits per heavy atom. The average Bonchev–Trinajstić information content (AvgIpc) is 2.70. The van der Waals surface area contributed by atoms with E-state index in [0.717, 1.165) is 10.0 Å². The summed E-state index contributed by atoms with van der Waals surface area (Å²) in [6, 6.07) is 5.39. The van der Waals surface area contributed by atoms with Crippen LogP contribution in [0.5, 0.6) is 0 Å². The zero-order valence-electron chi connectivity index (χ0n) is 11.2. The van der Waals surface area contributed by atoms with Crippen molar-refractivity contribution in [1.82, 2.24) is 4.90 Å². The lowest BCUT2D eigenvalue weighted by molar-refractivity contribution is -0.137. The molecule has 0 bridgehead atoms. The van der Waals surface area contributed by atoms with Gasteiger partial charge in [-0.1, -0.05) is 15.9 Å². The highest BCUT2D eigenvalue weighted by molar-refractivity contribution is 9.10. The minimum absolute atomic E-state index is 0.133. The Hall–Kier alpha value is -1.89. The van der Waals surface area contributed by atoms with Crippen LogP contribution >= 0.6 is 15.9 Å². The van der Waals surface area contributed by atoms with Crippen LogP contribution in [0.4, 0.5) is 0 Å². The van der Waals surface area contributed by atoms with Gasteiger partial charge < -0.3 is 15.7 Å². The third kappa shape index (κ3) is 3.60. The molecule has 3 N–H and O–H groups in total. The molecule has 2 rings (SSSR count). The number of hydrogen-bond acceptors (Lipinski definition) is 3. The molecule has 0 aromatic heterocycles. The average molecular weight is 355 g/mol. The monoisotopic (exact) mass is 354 g/mol. The van der Waals surface area contributed by atoms with Gasteiger partial charge in [0.2, 0.25) is 5.91 Å². The van der Waals surface area contributed by atoms with Crippen LogP contribution in [0.25, 0.3) is 0 Å². The topological polar surface area (TPSA) is 101 Å². The molecular weight excluding hydrogens is 340 g/mol. The van der Waals surface area contributed by atoms with E-state index in [1.165, 1.54) is 4.90 Å². The molecule has 1 unspecified atom stereocenters. The first-order valence-electron chi connectivity index (χ1n) is 6.47. The number of rotatable bonds is 6. The van der Waals surface area contributed by atoms with Gasteiger partial charge in [-0.25, -0.2) is 0 Å². The van der Waals surface area contributed by atoms with E-state index in [0.29, 0.717) is 12.1 Å². The lowest BCUT2D eigenvalue weighted by Gasteiger charge is -2.21. The SMILES string of the molecule is NC(=O)C(CCC(=O)O)CN1Cc2cc(Br)ccc2C1=O. The smallest absolute Gasteiger partial charge is 0.303 e. The molecule has 6 nitrogen and oxygen atoms in total. The number of carboxylic acids is 1. The highest BCUT2D eigenvalue weighted by atomic mass is 79.9. The molecule has 0 saturated heterocycles. The van der Waals surface area contributed by atoms with Crippen molar-refractivity contribution < 1.29 is 19.5 Å². The molecule has 0 aliphatic carbocycles. The van der Waals surface area contributed by atoms with E-state index < -0.39 is 17.8 Å². The van der Waals surface area contributed by atoms with Gasteiger partial charge in [0.15, 0.2) is 0 Å². The number of carbonyl (C=O) groups is 3. The maximum absolute atomic E-state index is 12.2. The summed E-state index contributed by atoms with van der Waals surface area (Å²) in [6.45, 7) is 0.554. The van der Waals surface area contributed by atoms with Gasteiger partial charge in [0.1, 0.15) is 0 Å². The number of carbonyl (C=O) groups excluding carboxylic acids is 2. The van der Waals surface area contributed by atoms with Crippen molar-refractivity contribution in [3.8, 4) is 0 Å². The molecular formula is C14H15BrN2O4. The van der Waals surface area contributed by atoms with Crippen molar-refractivity contribution >= 4 is 33.7 Å². The van der Waals surface area contributed by atoms with Crippen LogP contribution in [-0.4, -0.2) is 34.3 Å². The number of hydrogen-bond donors (Lipinski definition) is 2. The second kappa shape index (κ2) is 6.26. The quantitative estimate of drug-likeness (QED) is 0.805. The van der Waals surface area contributed by atoms with Crippen molar-refractivity contribution in [2.45, 2.75) is 19.4 Å². The third-order valence-electron chi connectivity index (χ3n) is 3.50. The van der Waals surface area contributed by atoms with Crippen molar-refractivity contribution in [3.05, 3.63) is 33.8 Å². The predicted octanol–water partition coefficient (Wildman–Crippen LogP) is 1.37. The second-order valence-corrected chi connectivity index (χ2v) is 5.93. The van der Waals surface area contributed by atoms with Gasteiger partial charge >= 0.3 is 5.97 Å². The third-order valence-corrected chi connectivity index (χ3v) is 3.99. The number of amides is 2. The molecule has 1 aromatic rings. The Bertz CT molecular complexity index is 603. The summed E-state index contributed by atoms with van der Waals surface area (Å²) in [5.74, 6) is -2.37. The van der Waals surface area contributed by atoms with Crippen molar-refractivity contribution in [3.63, 3.8) is 0 Å². The van der Waals surface area contributed by atoms with Crippen LogP contribution in [0.1, 0.15) is 28.8 Å². The van der Waals surface area contributed by atoms with E-state index in [9.17, 15) is 14.4 Å². The number of nitrogens with two attached hydrogens (primary N) is 1. The minimum Gasteiger partial charge on any atom is -0.481 e. The Kier molecular flexibility index (Phi) is 4.62. The van der Waals surface area contributed by atoms with Crippen molar-refractivity contribution in [1.29, 1.82) is 0 Å². The summed E-state index contributed by atoms with van der Waals surface area (Å²) in [6.07, 6.45) is -0.0113. The maximum atomic E-state index is 12.2. The first kappa shape index (κ1) is 15.5. The van der Waals surface area contributed by atoms with Gasteiger partial charge in [-0.3, -0.25) is 14.4 Å². The number of fused-ring (bicyclic) bond motifs is 1. The summed E-state index contributed by atoms with van der Waals surface area (Å²) in [7, 11) is 0. The highest BCUT2D eigenvalue weighted by Gasteiger charge is 2.30.